The molecule has 0 atom stereocenters. The maximum Gasteiger partial charge on any atom is 0.321 e. The van der Waals surface area contributed by atoms with E-state index in [4.69, 9.17) is 4.74 Å². The molecule has 1 aliphatic carbocycles. The Balaban J connectivity index is 2.63. The Morgan fingerprint density at radius 3 is 2.44 bits per heavy atom. The van der Waals surface area contributed by atoms with Crippen LogP contribution in [0.1, 0.15) is 40.0 Å². The van der Waals surface area contributed by atoms with E-state index < -0.39 is 16.0 Å². The van der Waals surface area contributed by atoms with E-state index in [1.165, 1.54) is 4.31 Å². The van der Waals surface area contributed by atoms with Gasteiger partial charge < -0.3 is 4.74 Å². The standard InChI is InChI=1S/C12H23NO4S/c1-4-17-12(14)9-13(11-5-6-11)18(15,16)8-7-10(2)3/h10-11H,4-9H2,1-3H3. The summed E-state index contributed by atoms with van der Waals surface area (Å²) in [4.78, 5) is 11.4. The third-order valence-corrected chi connectivity index (χ3v) is 4.75. The van der Waals surface area contributed by atoms with Crippen molar-refractivity contribution < 1.29 is 17.9 Å². The Morgan fingerprint density at radius 1 is 1.39 bits per heavy atom. The fraction of sp³-hybridized carbons (Fsp3) is 0.917. The molecule has 0 aromatic rings. The van der Waals surface area contributed by atoms with Gasteiger partial charge in [-0.05, 0) is 32.1 Å². The highest BCUT2D eigenvalue weighted by atomic mass is 32.2. The second-order valence-corrected chi connectivity index (χ2v) is 7.12. The van der Waals surface area contributed by atoms with Gasteiger partial charge >= 0.3 is 5.97 Å². The van der Waals surface area contributed by atoms with Crippen LogP contribution in [0.15, 0.2) is 0 Å². The molecule has 0 aromatic carbocycles. The van der Waals surface area contributed by atoms with Gasteiger partial charge in [0.05, 0.1) is 12.4 Å². The number of nitrogens with zero attached hydrogens (tertiary/aromatic N) is 1. The number of hydrogen-bond acceptors (Lipinski definition) is 4. The predicted molar refractivity (Wildman–Crippen MR) is 69.6 cm³/mol. The van der Waals surface area contributed by atoms with Crippen molar-refractivity contribution in [1.82, 2.24) is 4.31 Å². The van der Waals surface area contributed by atoms with Gasteiger partial charge in [0.1, 0.15) is 6.54 Å². The van der Waals surface area contributed by atoms with E-state index in [0.29, 0.717) is 12.3 Å². The molecule has 0 unspecified atom stereocenters. The summed E-state index contributed by atoms with van der Waals surface area (Å²) in [7, 11) is -3.34. The lowest BCUT2D eigenvalue weighted by Crippen LogP contribution is -2.39. The summed E-state index contributed by atoms with van der Waals surface area (Å²) >= 11 is 0. The van der Waals surface area contributed by atoms with E-state index in [0.717, 1.165) is 12.8 Å². The van der Waals surface area contributed by atoms with Gasteiger partial charge in [0, 0.05) is 6.04 Å². The van der Waals surface area contributed by atoms with E-state index in [1.54, 1.807) is 6.92 Å². The zero-order chi connectivity index (χ0) is 13.8. The highest BCUT2D eigenvalue weighted by molar-refractivity contribution is 7.89. The molecule has 0 amide bonds. The van der Waals surface area contributed by atoms with Crippen molar-refractivity contribution in [2.45, 2.75) is 46.1 Å². The molecule has 0 saturated heterocycles. The topological polar surface area (TPSA) is 63.7 Å². The van der Waals surface area contributed by atoms with E-state index in [2.05, 4.69) is 0 Å². The Hall–Kier alpha value is -0.620. The molecular weight excluding hydrogens is 254 g/mol. The molecule has 0 aliphatic heterocycles. The third kappa shape index (κ3) is 4.94. The summed E-state index contributed by atoms with van der Waals surface area (Å²) in [6, 6.07) is 0.00608. The fourth-order valence-electron chi connectivity index (χ4n) is 1.65. The van der Waals surface area contributed by atoms with Crippen LogP contribution in [0, 0.1) is 5.92 Å². The third-order valence-electron chi connectivity index (χ3n) is 2.85. The highest BCUT2D eigenvalue weighted by Crippen LogP contribution is 2.29. The normalized spacial score (nSPS) is 16.3. The lowest BCUT2D eigenvalue weighted by Gasteiger charge is -2.21. The Kier molecular flexibility index (Phi) is 5.59. The predicted octanol–water partition coefficient (Wildman–Crippen LogP) is 1.39. The quantitative estimate of drug-likeness (QED) is 0.629. The average molecular weight is 277 g/mol. The molecule has 0 radical (unpaired) electrons. The average Bonchev–Trinajstić information content (AvgIpc) is 3.07. The lowest BCUT2D eigenvalue weighted by atomic mass is 10.2. The van der Waals surface area contributed by atoms with Crippen LogP contribution in [0.2, 0.25) is 0 Å². The first-order valence-electron chi connectivity index (χ1n) is 6.52. The van der Waals surface area contributed by atoms with Crippen LogP contribution in [0.5, 0.6) is 0 Å². The number of hydrogen-bond donors (Lipinski definition) is 0. The first kappa shape index (κ1) is 15.4. The number of carbonyl (C=O) groups excluding carboxylic acids is 1. The first-order valence-corrected chi connectivity index (χ1v) is 8.13. The SMILES string of the molecule is CCOC(=O)CN(C1CC1)S(=O)(=O)CCC(C)C. The minimum atomic E-state index is -3.34. The van der Waals surface area contributed by atoms with Crippen LogP contribution in [-0.2, 0) is 19.6 Å². The number of sulfonamides is 1. The molecule has 0 aromatic heterocycles. The molecule has 0 heterocycles. The lowest BCUT2D eigenvalue weighted by molar-refractivity contribution is -0.143. The molecule has 5 nitrogen and oxygen atoms in total. The summed E-state index contributed by atoms with van der Waals surface area (Å²) in [6.07, 6.45) is 2.31. The van der Waals surface area contributed by atoms with Crippen LogP contribution in [0.4, 0.5) is 0 Å². The molecule has 1 rings (SSSR count). The maximum atomic E-state index is 12.2. The van der Waals surface area contributed by atoms with E-state index in [9.17, 15) is 13.2 Å². The molecule has 6 heteroatoms. The second kappa shape index (κ2) is 6.52. The van der Waals surface area contributed by atoms with Crippen molar-refractivity contribution in [1.29, 1.82) is 0 Å². The number of carbonyl (C=O) groups is 1. The van der Waals surface area contributed by atoms with Crippen molar-refractivity contribution in [2.24, 2.45) is 5.92 Å². The van der Waals surface area contributed by atoms with Crippen LogP contribution >= 0.6 is 0 Å². The maximum absolute atomic E-state index is 12.2. The van der Waals surface area contributed by atoms with Crippen molar-refractivity contribution in [3.05, 3.63) is 0 Å². The molecule has 1 saturated carbocycles. The Bertz CT molecular complexity index is 374. The van der Waals surface area contributed by atoms with Crippen molar-refractivity contribution in [3.8, 4) is 0 Å². The van der Waals surface area contributed by atoms with Crippen LogP contribution < -0.4 is 0 Å². The number of rotatable bonds is 8. The largest absolute Gasteiger partial charge is 0.465 e. The number of esters is 1. The van der Waals surface area contributed by atoms with Gasteiger partial charge in [-0.3, -0.25) is 4.79 Å². The van der Waals surface area contributed by atoms with Crippen LogP contribution in [0.3, 0.4) is 0 Å². The molecule has 106 valence electrons. The minimum absolute atomic E-state index is 0.00608. The molecule has 18 heavy (non-hydrogen) atoms. The van der Waals surface area contributed by atoms with Gasteiger partial charge in [-0.25, -0.2) is 8.42 Å². The summed E-state index contributed by atoms with van der Waals surface area (Å²) in [5.74, 6) is -0.0124. The summed E-state index contributed by atoms with van der Waals surface area (Å²) in [6.45, 7) is 5.83. The molecule has 0 bridgehead atoms. The van der Waals surface area contributed by atoms with Crippen LogP contribution in [0.25, 0.3) is 0 Å². The van der Waals surface area contributed by atoms with E-state index in [-0.39, 0.29) is 24.9 Å². The summed E-state index contributed by atoms with van der Waals surface area (Å²) in [5, 5.41) is 0. The van der Waals surface area contributed by atoms with Gasteiger partial charge in [0.15, 0.2) is 0 Å². The monoisotopic (exact) mass is 277 g/mol. The van der Waals surface area contributed by atoms with Gasteiger partial charge in [0.25, 0.3) is 0 Å². The zero-order valence-corrected chi connectivity index (χ0v) is 12.2. The molecular formula is C12H23NO4S. The van der Waals surface area contributed by atoms with Gasteiger partial charge in [-0.2, -0.15) is 4.31 Å². The van der Waals surface area contributed by atoms with Gasteiger partial charge in [0.2, 0.25) is 10.0 Å². The molecule has 1 fully saturated rings. The second-order valence-electron chi connectivity index (χ2n) is 5.08. The van der Waals surface area contributed by atoms with Crippen LogP contribution in [-0.4, -0.2) is 43.6 Å². The molecule has 1 aliphatic rings. The molecule has 0 N–H and O–H groups in total. The summed E-state index contributed by atoms with van der Waals surface area (Å²) in [5.41, 5.74) is 0. The summed E-state index contributed by atoms with van der Waals surface area (Å²) < 4.78 is 30.5. The van der Waals surface area contributed by atoms with E-state index in [1.807, 2.05) is 13.8 Å². The minimum Gasteiger partial charge on any atom is -0.465 e. The Labute approximate surface area is 110 Å². The van der Waals surface area contributed by atoms with Gasteiger partial charge in [-0.1, -0.05) is 13.8 Å². The van der Waals surface area contributed by atoms with Gasteiger partial charge in [-0.15, -0.1) is 0 Å². The fourth-order valence-corrected chi connectivity index (χ4v) is 3.62. The van der Waals surface area contributed by atoms with Crippen molar-refractivity contribution in [2.75, 3.05) is 18.9 Å². The smallest absolute Gasteiger partial charge is 0.321 e. The number of ether oxygens (including phenoxy) is 1. The zero-order valence-electron chi connectivity index (χ0n) is 11.4. The first-order chi connectivity index (χ1) is 8.36. The van der Waals surface area contributed by atoms with E-state index >= 15 is 0 Å². The van der Waals surface area contributed by atoms with Crippen molar-refractivity contribution >= 4 is 16.0 Å². The molecule has 0 spiro atoms. The highest BCUT2D eigenvalue weighted by Gasteiger charge is 2.38. The van der Waals surface area contributed by atoms with Crippen molar-refractivity contribution in [3.63, 3.8) is 0 Å². The Morgan fingerprint density at radius 2 is 2.00 bits per heavy atom.